The first-order valence-corrected chi connectivity index (χ1v) is 7.54. The summed E-state index contributed by atoms with van der Waals surface area (Å²) < 4.78 is 5.29. The predicted molar refractivity (Wildman–Crippen MR) is 75.9 cm³/mol. The summed E-state index contributed by atoms with van der Waals surface area (Å²) >= 11 is 1.55. The Bertz CT molecular complexity index is 474. The third-order valence-corrected chi connectivity index (χ3v) is 4.52. The van der Waals surface area contributed by atoms with Crippen LogP contribution in [-0.4, -0.2) is 47.7 Å². The Morgan fingerprint density at radius 2 is 2.35 bits per heavy atom. The molecule has 0 bridgehead atoms. The zero-order valence-corrected chi connectivity index (χ0v) is 12.4. The van der Waals surface area contributed by atoms with E-state index in [-0.39, 0.29) is 30.4 Å². The topological polar surface area (TPSA) is 66.8 Å². The number of thiophene rings is 1. The van der Waals surface area contributed by atoms with E-state index in [1.165, 1.54) is 0 Å². The van der Waals surface area contributed by atoms with Gasteiger partial charge in [-0.25, -0.2) is 0 Å². The lowest BCUT2D eigenvalue weighted by molar-refractivity contribution is -0.140. The summed E-state index contributed by atoms with van der Waals surface area (Å²) in [5.41, 5.74) is 0.981. The van der Waals surface area contributed by atoms with Gasteiger partial charge < -0.3 is 14.7 Å². The fraction of sp³-hybridized carbons (Fsp3) is 0.571. The molecule has 3 atom stereocenters. The SMILES string of the molecule is COC1CC(CC(=O)O)N(C(=O)C(C)c2ccsc2)C1. The summed E-state index contributed by atoms with van der Waals surface area (Å²) in [5, 5.41) is 12.9. The highest BCUT2D eigenvalue weighted by Crippen LogP contribution is 2.28. The van der Waals surface area contributed by atoms with E-state index in [1.54, 1.807) is 23.3 Å². The van der Waals surface area contributed by atoms with Crippen molar-refractivity contribution in [3.05, 3.63) is 22.4 Å². The molecule has 5 nitrogen and oxygen atoms in total. The molecule has 1 N–H and O–H groups in total. The van der Waals surface area contributed by atoms with Crippen LogP contribution in [0.15, 0.2) is 16.8 Å². The molecule has 1 aromatic rings. The van der Waals surface area contributed by atoms with Crippen LogP contribution in [0.1, 0.15) is 31.2 Å². The van der Waals surface area contributed by atoms with Gasteiger partial charge in [0, 0.05) is 19.7 Å². The molecule has 0 spiro atoms. The summed E-state index contributed by atoms with van der Waals surface area (Å²) in [4.78, 5) is 25.2. The number of carboxylic acids is 1. The first-order valence-electron chi connectivity index (χ1n) is 6.60. The highest BCUT2D eigenvalue weighted by Gasteiger charge is 2.38. The van der Waals surface area contributed by atoms with Crippen molar-refractivity contribution in [3.8, 4) is 0 Å². The Morgan fingerprint density at radius 1 is 1.60 bits per heavy atom. The van der Waals surface area contributed by atoms with Crippen LogP contribution in [-0.2, 0) is 14.3 Å². The van der Waals surface area contributed by atoms with Crippen molar-refractivity contribution >= 4 is 23.2 Å². The molecule has 2 heterocycles. The Morgan fingerprint density at radius 3 is 2.90 bits per heavy atom. The number of likely N-dealkylation sites (tertiary alicyclic amines) is 1. The molecule has 1 saturated heterocycles. The minimum atomic E-state index is -0.882. The van der Waals surface area contributed by atoms with Crippen molar-refractivity contribution in [1.82, 2.24) is 4.90 Å². The maximum atomic E-state index is 12.6. The number of rotatable bonds is 5. The van der Waals surface area contributed by atoms with Crippen molar-refractivity contribution < 1.29 is 19.4 Å². The first kappa shape index (κ1) is 15.0. The molecular formula is C14H19NO4S. The number of hydrogen-bond donors (Lipinski definition) is 1. The Labute approximate surface area is 122 Å². The molecule has 1 aliphatic heterocycles. The van der Waals surface area contributed by atoms with Crippen LogP contribution in [0.3, 0.4) is 0 Å². The van der Waals surface area contributed by atoms with E-state index in [1.807, 2.05) is 23.8 Å². The summed E-state index contributed by atoms with van der Waals surface area (Å²) in [7, 11) is 1.60. The number of nitrogens with zero attached hydrogens (tertiary/aromatic N) is 1. The summed E-state index contributed by atoms with van der Waals surface area (Å²) in [5.74, 6) is -1.14. The highest BCUT2D eigenvalue weighted by atomic mass is 32.1. The van der Waals surface area contributed by atoms with Gasteiger partial charge in [0.05, 0.1) is 18.4 Å². The Kier molecular flexibility index (Phi) is 4.77. The van der Waals surface area contributed by atoms with Crippen LogP contribution in [0.2, 0.25) is 0 Å². The second-order valence-electron chi connectivity index (χ2n) is 5.11. The quantitative estimate of drug-likeness (QED) is 0.902. The van der Waals surface area contributed by atoms with Crippen molar-refractivity contribution in [2.75, 3.05) is 13.7 Å². The second-order valence-corrected chi connectivity index (χ2v) is 5.89. The zero-order chi connectivity index (χ0) is 14.7. The van der Waals surface area contributed by atoms with Gasteiger partial charge in [-0.05, 0) is 35.7 Å². The van der Waals surface area contributed by atoms with Gasteiger partial charge in [0.2, 0.25) is 5.91 Å². The lowest BCUT2D eigenvalue weighted by Gasteiger charge is -2.26. The van der Waals surface area contributed by atoms with Gasteiger partial charge in [-0.2, -0.15) is 11.3 Å². The van der Waals surface area contributed by atoms with Gasteiger partial charge in [0.25, 0.3) is 0 Å². The van der Waals surface area contributed by atoms with Gasteiger partial charge in [0.15, 0.2) is 0 Å². The Hall–Kier alpha value is -1.40. The average molecular weight is 297 g/mol. The van der Waals surface area contributed by atoms with E-state index < -0.39 is 5.97 Å². The van der Waals surface area contributed by atoms with Gasteiger partial charge in [-0.3, -0.25) is 9.59 Å². The number of ether oxygens (including phenoxy) is 1. The summed E-state index contributed by atoms with van der Waals surface area (Å²) in [6.07, 6.45) is 0.491. The third-order valence-electron chi connectivity index (χ3n) is 3.82. The molecule has 1 amide bonds. The van der Waals surface area contributed by atoms with E-state index in [0.717, 1.165) is 5.56 Å². The monoisotopic (exact) mass is 297 g/mol. The maximum absolute atomic E-state index is 12.6. The predicted octanol–water partition coefficient (Wildman–Crippen LogP) is 1.94. The fourth-order valence-corrected chi connectivity index (χ4v) is 3.38. The number of aliphatic carboxylic acids is 1. The molecule has 1 aromatic heterocycles. The van der Waals surface area contributed by atoms with E-state index in [0.29, 0.717) is 13.0 Å². The molecule has 20 heavy (non-hydrogen) atoms. The van der Waals surface area contributed by atoms with Gasteiger partial charge >= 0.3 is 5.97 Å². The molecule has 0 aromatic carbocycles. The highest BCUT2D eigenvalue weighted by molar-refractivity contribution is 7.08. The summed E-state index contributed by atoms with van der Waals surface area (Å²) in [6, 6.07) is 1.66. The molecule has 1 fully saturated rings. The van der Waals surface area contributed by atoms with Crippen LogP contribution in [0, 0.1) is 0 Å². The molecule has 0 radical (unpaired) electrons. The van der Waals surface area contributed by atoms with Crippen LogP contribution >= 0.6 is 11.3 Å². The standard InChI is InChI=1S/C14H19NO4S/c1-9(10-3-4-20-8-10)14(18)15-7-12(19-2)5-11(15)6-13(16)17/h3-4,8-9,11-12H,5-7H2,1-2H3,(H,16,17). The van der Waals surface area contributed by atoms with Crippen LogP contribution in [0.4, 0.5) is 0 Å². The van der Waals surface area contributed by atoms with Crippen molar-refractivity contribution in [3.63, 3.8) is 0 Å². The molecule has 0 aliphatic carbocycles. The molecule has 0 saturated carbocycles. The molecule has 2 rings (SSSR count). The maximum Gasteiger partial charge on any atom is 0.305 e. The van der Waals surface area contributed by atoms with E-state index in [9.17, 15) is 9.59 Å². The number of amides is 1. The van der Waals surface area contributed by atoms with Crippen molar-refractivity contribution in [2.24, 2.45) is 0 Å². The molecule has 6 heteroatoms. The fourth-order valence-electron chi connectivity index (χ4n) is 2.62. The van der Waals surface area contributed by atoms with Gasteiger partial charge in [-0.15, -0.1) is 0 Å². The first-order chi connectivity index (χ1) is 9.52. The number of carbonyl (C=O) groups excluding carboxylic acids is 1. The second kappa shape index (κ2) is 6.37. The Balaban J connectivity index is 2.11. The molecule has 3 unspecified atom stereocenters. The van der Waals surface area contributed by atoms with E-state index in [2.05, 4.69) is 0 Å². The van der Waals surface area contributed by atoms with Crippen molar-refractivity contribution in [2.45, 2.75) is 37.8 Å². The summed E-state index contributed by atoms with van der Waals surface area (Å²) in [6.45, 7) is 2.34. The van der Waals surface area contributed by atoms with Gasteiger partial charge in [0.1, 0.15) is 0 Å². The van der Waals surface area contributed by atoms with Crippen molar-refractivity contribution in [1.29, 1.82) is 0 Å². The minimum absolute atomic E-state index is 0.0193. The largest absolute Gasteiger partial charge is 0.481 e. The van der Waals surface area contributed by atoms with Crippen LogP contribution in [0.5, 0.6) is 0 Å². The average Bonchev–Trinajstić information content (AvgIpc) is 3.05. The molecule has 1 aliphatic rings. The minimum Gasteiger partial charge on any atom is -0.481 e. The number of carbonyl (C=O) groups is 2. The smallest absolute Gasteiger partial charge is 0.305 e. The number of hydrogen-bond acceptors (Lipinski definition) is 4. The number of carboxylic acid groups (broad SMARTS) is 1. The van der Waals surface area contributed by atoms with Crippen LogP contribution < -0.4 is 0 Å². The lowest BCUT2D eigenvalue weighted by atomic mass is 10.0. The van der Waals surface area contributed by atoms with E-state index >= 15 is 0 Å². The number of methoxy groups -OCH3 is 1. The zero-order valence-electron chi connectivity index (χ0n) is 11.6. The lowest BCUT2D eigenvalue weighted by Crippen LogP contribution is -2.39. The molecule has 110 valence electrons. The van der Waals surface area contributed by atoms with Crippen LogP contribution in [0.25, 0.3) is 0 Å². The van der Waals surface area contributed by atoms with E-state index in [4.69, 9.17) is 9.84 Å². The van der Waals surface area contributed by atoms with Gasteiger partial charge in [-0.1, -0.05) is 0 Å². The molecular weight excluding hydrogens is 278 g/mol. The normalized spacial score (nSPS) is 23.8. The third kappa shape index (κ3) is 3.19.